The number of aliphatic hydroxyl groups excluding tert-OH is 1. The summed E-state index contributed by atoms with van der Waals surface area (Å²) in [6.07, 6.45) is 10.5. The van der Waals surface area contributed by atoms with E-state index < -0.39 is 41.1 Å². The van der Waals surface area contributed by atoms with E-state index in [4.69, 9.17) is 9.47 Å². The van der Waals surface area contributed by atoms with Gasteiger partial charge < -0.3 is 24.4 Å². The first-order chi connectivity index (χ1) is 18.2. The molecule has 5 rings (SSSR count). The molecule has 4 aliphatic rings. The number of anilines is 1. The maximum absolute atomic E-state index is 14.5. The highest BCUT2D eigenvalue weighted by atomic mass is 16.6. The van der Waals surface area contributed by atoms with Crippen molar-refractivity contribution < 1.29 is 29.0 Å². The number of fused-ring (bicyclic) bond motifs is 2. The van der Waals surface area contributed by atoms with Crippen molar-refractivity contribution in [2.24, 2.45) is 11.8 Å². The van der Waals surface area contributed by atoms with E-state index in [-0.39, 0.29) is 25.0 Å². The van der Waals surface area contributed by atoms with E-state index in [2.05, 4.69) is 0 Å². The fourth-order valence-electron chi connectivity index (χ4n) is 6.77. The molecule has 0 aromatic heterocycles. The third-order valence-corrected chi connectivity index (χ3v) is 8.72. The van der Waals surface area contributed by atoms with Crippen LogP contribution in [0.2, 0.25) is 0 Å². The largest absolute Gasteiger partial charge is 0.465 e. The van der Waals surface area contributed by atoms with Crippen molar-refractivity contribution in [2.75, 3.05) is 24.7 Å². The minimum atomic E-state index is -1.37. The zero-order valence-electron chi connectivity index (χ0n) is 22.7. The number of benzene rings is 1. The lowest BCUT2D eigenvalue weighted by atomic mass is 9.73. The van der Waals surface area contributed by atoms with E-state index in [1.165, 1.54) is 4.90 Å². The molecule has 8 nitrogen and oxygen atoms in total. The zero-order valence-corrected chi connectivity index (χ0v) is 22.7. The van der Waals surface area contributed by atoms with Crippen molar-refractivity contribution in [1.29, 1.82) is 0 Å². The number of aryl methyl sites for hydroxylation is 2. The van der Waals surface area contributed by atoms with Crippen LogP contribution < -0.4 is 4.90 Å². The van der Waals surface area contributed by atoms with Gasteiger partial charge in [0, 0.05) is 12.2 Å². The third kappa shape index (κ3) is 3.92. The van der Waals surface area contributed by atoms with E-state index in [1.807, 2.05) is 63.3 Å². The SMILES string of the molecule is CC[C@]12/C=C\CCCCOC(=O)[C@H]1[C@H]1C(=O)N([C@H](C)CO)C3C(=O)N(c4cc(C)ccc4C)CC=C[C@@]31O2. The lowest BCUT2D eigenvalue weighted by Crippen LogP contribution is -2.58. The summed E-state index contributed by atoms with van der Waals surface area (Å²) in [6, 6.07) is 4.27. The van der Waals surface area contributed by atoms with Crippen molar-refractivity contribution in [1.82, 2.24) is 4.90 Å². The highest BCUT2D eigenvalue weighted by Crippen LogP contribution is 2.58. The van der Waals surface area contributed by atoms with Gasteiger partial charge in [0.05, 0.1) is 25.2 Å². The second-order valence-electron chi connectivity index (χ2n) is 11.1. The lowest BCUT2D eigenvalue weighted by Gasteiger charge is -2.40. The van der Waals surface area contributed by atoms with Crippen molar-refractivity contribution in [3.05, 3.63) is 53.6 Å². The second kappa shape index (κ2) is 9.97. The number of amides is 2. The summed E-state index contributed by atoms with van der Waals surface area (Å²) in [5.74, 6) is -2.97. The number of cyclic esters (lactones) is 1. The average molecular weight is 523 g/mol. The molecule has 1 unspecified atom stereocenters. The quantitative estimate of drug-likeness (QED) is 0.482. The van der Waals surface area contributed by atoms with Crippen LogP contribution >= 0.6 is 0 Å². The van der Waals surface area contributed by atoms with Crippen LogP contribution in [-0.4, -0.2) is 70.8 Å². The molecule has 1 aromatic carbocycles. The topological polar surface area (TPSA) is 96.4 Å². The lowest BCUT2D eigenvalue weighted by molar-refractivity contribution is -0.161. The number of carbonyl (C=O) groups excluding carboxylic acids is 3. The van der Waals surface area contributed by atoms with Crippen LogP contribution in [0.25, 0.3) is 0 Å². The molecule has 1 spiro atoms. The van der Waals surface area contributed by atoms with E-state index in [0.29, 0.717) is 13.0 Å². The number of ether oxygens (including phenoxy) is 2. The highest BCUT2D eigenvalue weighted by molar-refractivity contribution is 6.06. The summed E-state index contributed by atoms with van der Waals surface area (Å²) in [5, 5.41) is 10.1. The Morgan fingerprint density at radius 2 is 1.87 bits per heavy atom. The van der Waals surface area contributed by atoms with Gasteiger partial charge in [-0.25, -0.2) is 0 Å². The Balaban J connectivity index is 1.69. The van der Waals surface area contributed by atoms with Gasteiger partial charge >= 0.3 is 5.97 Å². The molecule has 0 bridgehead atoms. The van der Waals surface area contributed by atoms with Crippen LogP contribution in [0.3, 0.4) is 0 Å². The number of carbonyl (C=O) groups is 3. The monoisotopic (exact) mass is 522 g/mol. The number of hydrogen-bond acceptors (Lipinski definition) is 6. The van der Waals surface area contributed by atoms with E-state index in [1.54, 1.807) is 11.8 Å². The molecule has 2 amide bonds. The van der Waals surface area contributed by atoms with Crippen molar-refractivity contribution in [3.8, 4) is 0 Å². The number of nitrogens with zero attached hydrogens (tertiary/aromatic N) is 2. The Kier molecular flexibility index (Phi) is 6.99. The first-order valence-electron chi connectivity index (χ1n) is 13.7. The first kappa shape index (κ1) is 26.6. The summed E-state index contributed by atoms with van der Waals surface area (Å²) in [7, 11) is 0. The summed E-state index contributed by atoms with van der Waals surface area (Å²) in [4.78, 5) is 45.6. The van der Waals surface area contributed by atoms with Gasteiger partial charge in [-0.2, -0.15) is 0 Å². The van der Waals surface area contributed by atoms with Crippen LogP contribution in [0.15, 0.2) is 42.5 Å². The molecule has 0 saturated carbocycles. The van der Waals surface area contributed by atoms with Gasteiger partial charge in [-0.15, -0.1) is 0 Å². The second-order valence-corrected chi connectivity index (χ2v) is 11.1. The van der Waals surface area contributed by atoms with Crippen molar-refractivity contribution in [3.63, 3.8) is 0 Å². The Labute approximate surface area is 224 Å². The molecule has 1 N–H and O–H groups in total. The normalized spacial score (nSPS) is 34.8. The van der Waals surface area contributed by atoms with E-state index >= 15 is 0 Å². The molecule has 4 aliphatic heterocycles. The number of esters is 1. The van der Waals surface area contributed by atoms with Gasteiger partial charge in [0.1, 0.15) is 23.2 Å². The fraction of sp³-hybridized carbons (Fsp3) is 0.567. The summed E-state index contributed by atoms with van der Waals surface area (Å²) < 4.78 is 12.6. The molecule has 6 atom stereocenters. The zero-order chi connectivity index (χ0) is 27.2. The van der Waals surface area contributed by atoms with Crippen LogP contribution in [0.5, 0.6) is 0 Å². The molecule has 2 saturated heterocycles. The summed E-state index contributed by atoms with van der Waals surface area (Å²) in [5.41, 5.74) is 0.269. The predicted octanol–water partition coefficient (Wildman–Crippen LogP) is 3.23. The Hall–Kier alpha value is -2.97. The molecule has 38 heavy (non-hydrogen) atoms. The number of likely N-dealkylation sites (tertiary alicyclic amines) is 1. The highest BCUT2D eigenvalue weighted by Gasteiger charge is 2.75. The van der Waals surface area contributed by atoms with Crippen LogP contribution in [-0.2, 0) is 23.9 Å². The summed E-state index contributed by atoms with van der Waals surface area (Å²) >= 11 is 0. The number of aliphatic hydroxyl groups is 1. The predicted molar refractivity (Wildman–Crippen MR) is 142 cm³/mol. The molecule has 204 valence electrons. The Morgan fingerprint density at radius 1 is 1.08 bits per heavy atom. The van der Waals surface area contributed by atoms with Crippen LogP contribution in [0.1, 0.15) is 50.7 Å². The standard InChI is InChI=1S/C30H38N2O6/c1-5-29-13-8-6-7-9-16-37-28(36)24(29)23-26(34)32(21(4)18-33)25-27(35)31(15-10-14-30(23,25)38-29)22-17-19(2)11-12-20(22)3/h8,10-14,17,21,23-25,33H,5-7,9,15-16,18H2,1-4H3/b13-8-/t21-,23+,24-,25?,29+,30+/m1/s1. The molecular formula is C30H38N2O6. The summed E-state index contributed by atoms with van der Waals surface area (Å²) in [6.45, 7) is 7.85. The first-order valence-corrected chi connectivity index (χ1v) is 13.7. The maximum atomic E-state index is 14.5. The van der Waals surface area contributed by atoms with E-state index in [9.17, 15) is 19.5 Å². The Morgan fingerprint density at radius 3 is 2.61 bits per heavy atom. The van der Waals surface area contributed by atoms with Gasteiger partial charge in [-0.1, -0.05) is 43.4 Å². The van der Waals surface area contributed by atoms with Crippen LogP contribution in [0.4, 0.5) is 5.69 Å². The van der Waals surface area contributed by atoms with Crippen molar-refractivity contribution in [2.45, 2.75) is 76.7 Å². The third-order valence-electron chi connectivity index (χ3n) is 8.72. The minimum absolute atomic E-state index is 0.284. The molecular weight excluding hydrogens is 484 g/mol. The molecule has 0 radical (unpaired) electrons. The van der Waals surface area contributed by atoms with Crippen LogP contribution in [0, 0.1) is 25.7 Å². The molecule has 4 heterocycles. The van der Waals surface area contributed by atoms with Crippen molar-refractivity contribution >= 4 is 23.5 Å². The van der Waals surface area contributed by atoms with Gasteiger partial charge in [0.15, 0.2) is 0 Å². The van der Waals surface area contributed by atoms with Gasteiger partial charge in [0.2, 0.25) is 5.91 Å². The number of hydrogen-bond donors (Lipinski definition) is 1. The molecule has 0 aliphatic carbocycles. The molecule has 1 aromatic rings. The van der Waals surface area contributed by atoms with E-state index in [0.717, 1.165) is 36.1 Å². The minimum Gasteiger partial charge on any atom is -0.465 e. The van der Waals surface area contributed by atoms with Gasteiger partial charge in [-0.3, -0.25) is 14.4 Å². The average Bonchev–Trinajstić information content (AvgIpc) is 3.27. The fourth-order valence-corrected chi connectivity index (χ4v) is 6.77. The Bertz CT molecular complexity index is 1190. The van der Waals surface area contributed by atoms with Gasteiger partial charge in [0.25, 0.3) is 5.91 Å². The smallest absolute Gasteiger partial charge is 0.313 e. The molecule has 8 heteroatoms. The van der Waals surface area contributed by atoms with Gasteiger partial charge in [-0.05, 0) is 63.6 Å². The maximum Gasteiger partial charge on any atom is 0.313 e. The number of rotatable bonds is 4. The molecule has 2 fully saturated rings. The number of allylic oxidation sites excluding steroid dienone is 1.